The van der Waals surface area contributed by atoms with Crippen molar-refractivity contribution in [2.75, 3.05) is 11.9 Å². The quantitative estimate of drug-likeness (QED) is 0.633. The van der Waals surface area contributed by atoms with Crippen LogP contribution in [0, 0.1) is 12.3 Å². The van der Waals surface area contributed by atoms with Crippen LogP contribution in [0.2, 0.25) is 5.02 Å². The van der Waals surface area contributed by atoms with Crippen molar-refractivity contribution >= 4 is 17.3 Å². The summed E-state index contributed by atoms with van der Waals surface area (Å²) in [7, 11) is 0. The first-order valence-corrected chi connectivity index (χ1v) is 5.37. The van der Waals surface area contributed by atoms with E-state index in [0.29, 0.717) is 19.4 Å². The van der Waals surface area contributed by atoms with Crippen molar-refractivity contribution < 1.29 is 13.2 Å². The van der Waals surface area contributed by atoms with E-state index in [4.69, 9.17) is 18.0 Å². The molecule has 0 fully saturated rings. The van der Waals surface area contributed by atoms with Crippen molar-refractivity contribution in [1.82, 2.24) is 0 Å². The molecule has 0 aliphatic carbocycles. The number of hydrogen-bond acceptors (Lipinski definition) is 1. The molecule has 1 aromatic rings. The van der Waals surface area contributed by atoms with Crippen LogP contribution in [0.15, 0.2) is 18.2 Å². The smallest absolute Gasteiger partial charge is 0.384 e. The summed E-state index contributed by atoms with van der Waals surface area (Å²) < 4.78 is 37.3. The molecule has 0 aliphatic rings. The predicted molar refractivity (Wildman–Crippen MR) is 63.0 cm³/mol. The molecule has 92 valence electrons. The van der Waals surface area contributed by atoms with Gasteiger partial charge in [-0.3, -0.25) is 0 Å². The lowest BCUT2D eigenvalue weighted by molar-refractivity contribution is -0.137. The molecule has 1 nitrogen and oxygen atoms in total. The first-order chi connectivity index (χ1) is 7.95. The molecule has 0 saturated heterocycles. The van der Waals surface area contributed by atoms with E-state index in [-0.39, 0.29) is 10.7 Å². The van der Waals surface area contributed by atoms with Gasteiger partial charge in [-0.2, -0.15) is 13.2 Å². The maximum Gasteiger partial charge on any atom is 0.416 e. The molecule has 0 amide bonds. The van der Waals surface area contributed by atoms with Gasteiger partial charge in [0.15, 0.2) is 0 Å². The van der Waals surface area contributed by atoms with Crippen LogP contribution in [0.25, 0.3) is 0 Å². The van der Waals surface area contributed by atoms with Crippen molar-refractivity contribution in [3.63, 3.8) is 0 Å². The SMILES string of the molecule is C#CCCCNc1cc(C(F)(F)F)ccc1Cl. The molecule has 17 heavy (non-hydrogen) atoms. The van der Waals surface area contributed by atoms with E-state index in [1.807, 2.05) is 0 Å². The Morgan fingerprint density at radius 3 is 2.65 bits per heavy atom. The van der Waals surface area contributed by atoms with E-state index in [1.165, 1.54) is 6.07 Å². The molecular formula is C12H11ClF3N. The van der Waals surface area contributed by atoms with Crippen LogP contribution in [0.4, 0.5) is 18.9 Å². The van der Waals surface area contributed by atoms with Crippen molar-refractivity contribution in [1.29, 1.82) is 0 Å². The van der Waals surface area contributed by atoms with Crippen LogP contribution in [-0.2, 0) is 6.18 Å². The lowest BCUT2D eigenvalue weighted by Crippen LogP contribution is -2.07. The second kappa shape index (κ2) is 5.83. The van der Waals surface area contributed by atoms with Crippen LogP contribution >= 0.6 is 11.6 Å². The number of terminal acetylenes is 1. The highest BCUT2D eigenvalue weighted by Crippen LogP contribution is 2.33. The van der Waals surface area contributed by atoms with Crippen molar-refractivity contribution in [3.05, 3.63) is 28.8 Å². The van der Waals surface area contributed by atoms with Crippen molar-refractivity contribution in [2.24, 2.45) is 0 Å². The minimum Gasteiger partial charge on any atom is -0.384 e. The van der Waals surface area contributed by atoms with E-state index in [9.17, 15) is 13.2 Å². The Labute approximate surface area is 103 Å². The maximum absolute atomic E-state index is 12.4. The van der Waals surface area contributed by atoms with Gasteiger partial charge >= 0.3 is 6.18 Å². The summed E-state index contributed by atoms with van der Waals surface area (Å²) in [6.45, 7) is 0.491. The zero-order chi connectivity index (χ0) is 12.9. The minimum atomic E-state index is -4.36. The van der Waals surface area contributed by atoms with Crippen LogP contribution in [-0.4, -0.2) is 6.54 Å². The monoisotopic (exact) mass is 261 g/mol. The predicted octanol–water partition coefficient (Wildman–Crippen LogP) is 4.18. The molecule has 1 N–H and O–H groups in total. The summed E-state index contributed by atoms with van der Waals surface area (Å²) in [4.78, 5) is 0. The molecule has 0 bridgehead atoms. The van der Waals surface area contributed by atoms with Gasteiger partial charge in [0, 0.05) is 13.0 Å². The number of anilines is 1. The first-order valence-electron chi connectivity index (χ1n) is 4.99. The number of alkyl halides is 3. The largest absolute Gasteiger partial charge is 0.416 e. The number of rotatable bonds is 4. The average molecular weight is 262 g/mol. The number of unbranched alkanes of at least 4 members (excludes halogenated alkanes) is 1. The third-order valence-electron chi connectivity index (χ3n) is 2.11. The Morgan fingerprint density at radius 2 is 2.06 bits per heavy atom. The van der Waals surface area contributed by atoms with Crippen LogP contribution in [0.1, 0.15) is 18.4 Å². The molecule has 0 spiro atoms. The Kier molecular flexibility index (Phi) is 4.71. The molecule has 0 unspecified atom stereocenters. The summed E-state index contributed by atoms with van der Waals surface area (Å²) in [6.07, 6.45) is 1.96. The van der Waals surface area contributed by atoms with Gasteiger partial charge in [-0.1, -0.05) is 11.6 Å². The molecule has 0 aliphatic heterocycles. The van der Waals surface area contributed by atoms with Crippen molar-refractivity contribution in [3.8, 4) is 12.3 Å². The normalized spacial score (nSPS) is 11.0. The maximum atomic E-state index is 12.4. The second-order valence-corrected chi connectivity index (χ2v) is 3.83. The molecule has 0 saturated carbocycles. The number of hydrogen-bond donors (Lipinski definition) is 1. The summed E-state index contributed by atoms with van der Waals surface area (Å²) in [6, 6.07) is 3.18. The lowest BCUT2D eigenvalue weighted by Gasteiger charge is -2.11. The topological polar surface area (TPSA) is 12.0 Å². The Hall–Kier alpha value is -1.34. The van der Waals surface area contributed by atoms with E-state index >= 15 is 0 Å². The van der Waals surface area contributed by atoms with Crippen molar-refractivity contribution in [2.45, 2.75) is 19.0 Å². The molecule has 0 aromatic heterocycles. The summed E-state index contributed by atoms with van der Waals surface area (Å²) in [5, 5.41) is 3.10. The number of nitrogens with one attached hydrogen (secondary N) is 1. The minimum absolute atomic E-state index is 0.263. The molecule has 1 rings (SSSR count). The van der Waals surface area contributed by atoms with Gasteiger partial charge in [0.05, 0.1) is 16.3 Å². The highest BCUT2D eigenvalue weighted by atomic mass is 35.5. The van der Waals surface area contributed by atoms with Gasteiger partial charge in [-0.25, -0.2) is 0 Å². The molecular weight excluding hydrogens is 251 g/mol. The van der Waals surface area contributed by atoms with Crippen LogP contribution in [0.3, 0.4) is 0 Å². The fourth-order valence-corrected chi connectivity index (χ4v) is 1.43. The van der Waals surface area contributed by atoms with Gasteiger partial charge in [0.1, 0.15) is 0 Å². The fraction of sp³-hybridized carbons (Fsp3) is 0.333. The summed E-state index contributed by atoms with van der Waals surface area (Å²) >= 11 is 5.79. The molecule has 5 heteroatoms. The van der Waals surface area contributed by atoms with Gasteiger partial charge in [0.2, 0.25) is 0 Å². The molecule has 0 heterocycles. The van der Waals surface area contributed by atoms with Crippen LogP contribution in [0.5, 0.6) is 0 Å². The molecule has 0 radical (unpaired) electrons. The highest BCUT2D eigenvalue weighted by Gasteiger charge is 2.30. The third-order valence-corrected chi connectivity index (χ3v) is 2.44. The van der Waals surface area contributed by atoms with Gasteiger partial charge in [0.25, 0.3) is 0 Å². The third kappa shape index (κ3) is 4.20. The Morgan fingerprint density at radius 1 is 1.35 bits per heavy atom. The summed E-state index contributed by atoms with van der Waals surface area (Å²) in [5.74, 6) is 2.45. The first kappa shape index (κ1) is 13.7. The van der Waals surface area contributed by atoms with E-state index in [0.717, 1.165) is 12.1 Å². The number of benzene rings is 1. The van der Waals surface area contributed by atoms with Gasteiger partial charge in [-0.05, 0) is 24.6 Å². The summed E-state index contributed by atoms with van der Waals surface area (Å²) in [5.41, 5.74) is -0.445. The standard InChI is InChI=1S/C12H11ClF3N/c1-2-3-4-7-17-11-8-9(12(14,15)16)5-6-10(11)13/h1,5-6,8,17H,3-4,7H2. The zero-order valence-corrected chi connectivity index (χ0v) is 9.70. The van der Waals surface area contributed by atoms with E-state index in [1.54, 1.807) is 0 Å². The van der Waals surface area contributed by atoms with Gasteiger partial charge in [-0.15, -0.1) is 12.3 Å². The Bertz CT molecular complexity index is 421. The van der Waals surface area contributed by atoms with Crippen LogP contribution < -0.4 is 5.32 Å². The average Bonchev–Trinajstić information content (AvgIpc) is 2.25. The molecule has 1 aromatic carbocycles. The van der Waals surface area contributed by atoms with E-state index < -0.39 is 11.7 Å². The second-order valence-electron chi connectivity index (χ2n) is 3.43. The Balaban J connectivity index is 2.74. The number of halogens is 4. The lowest BCUT2D eigenvalue weighted by atomic mass is 10.2. The highest BCUT2D eigenvalue weighted by molar-refractivity contribution is 6.33. The van der Waals surface area contributed by atoms with Gasteiger partial charge < -0.3 is 5.32 Å². The zero-order valence-electron chi connectivity index (χ0n) is 8.94. The molecule has 0 atom stereocenters. The fourth-order valence-electron chi connectivity index (χ4n) is 1.25. The van der Waals surface area contributed by atoms with E-state index in [2.05, 4.69) is 11.2 Å².